The highest BCUT2D eigenvalue weighted by molar-refractivity contribution is 5.83. The molecule has 0 radical (unpaired) electrons. The maximum absolute atomic E-state index is 11.9. The third kappa shape index (κ3) is 2.62. The van der Waals surface area contributed by atoms with Gasteiger partial charge in [0.25, 0.3) is 0 Å². The van der Waals surface area contributed by atoms with Crippen LogP contribution >= 0.6 is 0 Å². The van der Waals surface area contributed by atoms with E-state index in [0.717, 1.165) is 32.4 Å². The number of likely N-dealkylation sites (tertiary alicyclic amines) is 1. The van der Waals surface area contributed by atoms with Crippen molar-refractivity contribution in [2.24, 2.45) is 5.92 Å². The van der Waals surface area contributed by atoms with E-state index < -0.39 is 0 Å². The molecule has 102 valence electrons. The van der Waals surface area contributed by atoms with E-state index in [1.54, 1.807) is 0 Å². The summed E-state index contributed by atoms with van der Waals surface area (Å²) in [6.07, 6.45) is 9.74. The van der Waals surface area contributed by atoms with Crippen LogP contribution in [0.4, 0.5) is 0 Å². The summed E-state index contributed by atoms with van der Waals surface area (Å²) < 4.78 is 5.85. The molecule has 3 fully saturated rings. The van der Waals surface area contributed by atoms with E-state index in [4.69, 9.17) is 4.74 Å². The van der Waals surface area contributed by atoms with Crippen LogP contribution in [0.15, 0.2) is 0 Å². The molecular weight excluding hydrogens is 226 g/mol. The molecule has 1 aliphatic carbocycles. The predicted molar refractivity (Wildman–Crippen MR) is 70.5 cm³/mol. The van der Waals surface area contributed by atoms with Gasteiger partial charge < -0.3 is 4.74 Å². The summed E-state index contributed by atoms with van der Waals surface area (Å²) in [4.78, 5) is 14.5. The standard InChI is InChI=1S/C15H25NO2/c17-15-8-3-6-13(15)14-7-4-9-16(14)11-12-5-1-2-10-18-12/h12-14H,1-11H2. The zero-order chi connectivity index (χ0) is 12.4. The van der Waals surface area contributed by atoms with E-state index in [0.29, 0.717) is 23.8 Å². The Bertz CT molecular complexity index is 299. The van der Waals surface area contributed by atoms with E-state index in [2.05, 4.69) is 4.90 Å². The van der Waals surface area contributed by atoms with E-state index >= 15 is 0 Å². The second-order valence-electron chi connectivity index (χ2n) is 6.16. The number of rotatable bonds is 3. The lowest BCUT2D eigenvalue weighted by atomic mass is 9.94. The first-order valence-electron chi connectivity index (χ1n) is 7.73. The minimum Gasteiger partial charge on any atom is -0.377 e. The summed E-state index contributed by atoms with van der Waals surface area (Å²) in [5, 5.41) is 0. The Morgan fingerprint density at radius 2 is 2.06 bits per heavy atom. The Morgan fingerprint density at radius 1 is 1.11 bits per heavy atom. The third-order valence-electron chi connectivity index (χ3n) is 4.94. The summed E-state index contributed by atoms with van der Waals surface area (Å²) in [7, 11) is 0. The molecule has 18 heavy (non-hydrogen) atoms. The van der Waals surface area contributed by atoms with Crippen LogP contribution in [-0.4, -0.2) is 42.5 Å². The van der Waals surface area contributed by atoms with Crippen molar-refractivity contribution in [1.29, 1.82) is 0 Å². The molecule has 3 rings (SSSR count). The van der Waals surface area contributed by atoms with Crippen molar-refractivity contribution in [1.82, 2.24) is 4.90 Å². The number of hydrogen-bond acceptors (Lipinski definition) is 3. The van der Waals surface area contributed by atoms with Crippen LogP contribution < -0.4 is 0 Å². The van der Waals surface area contributed by atoms with Gasteiger partial charge in [0.1, 0.15) is 5.78 Å². The summed E-state index contributed by atoms with van der Waals surface area (Å²) in [5.41, 5.74) is 0. The fraction of sp³-hybridized carbons (Fsp3) is 0.933. The Kier molecular flexibility index (Phi) is 4.00. The molecule has 2 aliphatic heterocycles. The summed E-state index contributed by atoms with van der Waals surface area (Å²) in [5.74, 6) is 0.868. The Morgan fingerprint density at radius 3 is 2.78 bits per heavy atom. The van der Waals surface area contributed by atoms with Gasteiger partial charge in [0.15, 0.2) is 0 Å². The quantitative estimate of drug-likeness (QED) is 0.771. The van der Waals surface area contributed by atoms with Crippen molar-refractivity contribution >= 4 is 5.78 Å². The molecule has 0 amide bonds. The molecule has 0 aromatic rings. The average Bonchev–Trinajstić information content (AvgIpc) is 2.99. The van der Waals surface area contributed by atoms with Crippen molar-refractivity contribution in [2.45, 2.75) is 63.5 Å². The first kappa shape index (κ1) is 12.6. The number of ether oxygens (including phenoxy) is 1. The molecule has 3 atom stereocenters. The molecule has 0 spiro atoms. The van der Waals surface area contributed by atoms with E-state index in [-0.39, 0.29) is 0 Å². The van der Waals surface area contributed by atoms with Crippen LogP contribution in [0, 0.1) is 5.92 Å². The lowest BCUT2D eigenvalue weighted by Crippen LogP contribution is -2.43. The molecule has 3 heteroatoms. The van der Waals surface area contributed by atoms with Crippen LogP contribution in [0.3, 0.4) is 0 Å². The molecular formula is C15H25NO2. The smallest absolute Gasteiger partial charge is 0.137 e. The van der Waals surface area contributed by atoms with Gasteiger partial charge in [0.05, 0.1) is 6.10 Å². The van der Waals surface area contributed by atoms with E-state index in [1.807, 2.05) is 0 Å². The number of carbonyl (C=O) groups excluding carboxylic acids is 1. The fourth-order valence-corrected chi connectivity index (χ4v) is 4.00. The highest BCUT2D eigenvalue weighted by Crippen LogP contribution is 2.33. The van der Waals surface area contributed by atoms with Gasteiger partial charge in [-0.3, -0.25) is 9.69 Å². The van der Waals surface area contributed by atoms with Gasteiger partial charge in [-0.15, -0.1) is 0 Å². The van der Waals surface area contributed by atoms with Gasteiger partial charge in [0, 0.05) is 31.5 Å². The Hall–Kier alpha value is -0.410. The van der Waals surface area contributed by atoms with Crippen molar-refractivity contribution in [2.75, 3.05) is 19.7 Å². The van der Waals surface area contributed by atoms with Crippen molar-refractivity contribution in [3.63, 3.8) is 0 Å². The van der Waals surface area contributed by atoms with Gasteiger partial charge >= 0.3 is 0 Å². The lowest BCUT2D eigenvalue weighted by molar-refractivity contribution is -0.122. The SMILES string of the molecule is O=C1CCCC1C1CCCN1CC1CCCCO1. The van der Waals surface area contributed by atoms with Crippen LogP contribution in [-0.2, 0) is 9.53 Å². The van der Waals surface area contributed by atoms with Crippen LogP contribution in [0.5, 0.6) is 0 Å². The maximum atomic E-state index is 11.9. The second kappa shape index (κ2) is 5.70. The Balaban J connectivity index is 1.58. The van der Waals surface area contributed by atoms with Crippen LogP contribution in [0.2, 0.25) is 0 Å². The maximum Gasteiger partial charge on any atom is 0.137 e. The zero-order valence-corrected chi connectivity index (χ0v) is 11.3. The van der Waals surface area contributed by atoms with Crippen LogP contribution in [0.1, 0.15) is 51.4 Å². The number of hydrogen-bond donors (Lipinski definition) is 0. The predicted octanol–water partition coefficient (Wildman–Crippen LogP) is 2.39. The van der Waals surface area contributed by atoms with Crippen molar-refractivity contribution in [3.8, 4) is 0 Å². The number of Topliss-reactive ketones (excluding diaryl/α,β-unsaturated/α-hetero) is 1. The summed E-state index contributed by atoms with van der Waals surface area (Å²) >= 11 is 0. The molecule has 2 saturated heterocycles. The largest absolute Gasteiger partial charge is 0.377 e. The van der Waals surface area contributed by atoms with Gasteiger partial charge in [0.2, 0.25) is 0 Å². The monoisotopic (exact) mass is 251 g/mol. The first-order chi connectivity index (χ1) is 8.84. The minimum atomic E-state index is 0.344. The summed E-state index contributed by atoms with van der Waals surface area (Å²) in [6.45, 7) is 3.17. The van der Waals surface area contributed by atoms with E-state index in [9.17, 15) is 4.79 Å². The topological polar surface area (TPSA) is 29.5 Å². The third-order valence-corrected chi connectivity index (χ3v) is 4.94. The molecule has 0 bridgehead atoms. The average molecular weight is 251 g/mol. The normalized spacial score (nSPS) is 38.4. The molecule has 3 nitrogen and oxygen atoms in total. The number of ketones is 1. The molecule has 0 aromatic carbocycles. The molecule has 3 aliphatic rings. The summed E-state index contributed by atoms with van der Waals surface area (Å²) in [6, 6.07) is 0.533. The van der Waals surface area contributed by atoms with Crippen LogP contribution in [0.25, 0.3) is 0 Å². The minimum absolute atomic E-state index is 0.344. The molecule has 0 N–H and O–H groups in total. The molecule has 0 aromatic heterocycles. The van der Waals surface area contributed by atoms with E-state index in [1.165, 1.54) is 38.6 Å². The zero-order valence-electron chi connectivity index (χ0n) is 11.3. The first-order valence-corrected chi connectivity index (χ1v) is 7.73. The van der Waals surface area contributed by atoms with Gasteiger partial charge in [-0.05, 0) is 51.5 Å². The van der Waals surface area contributed by atoms with Gasteiger partial charge in [-0.1, -0.05) is 0 Å². The molecule has 3 unspecified atom stereocenters. The highest BCUT2D eigenvalue weighted by Gasteiger charge is 2.38. The van der Waals surface area contributed by atoms with Crippen molar-refractivity contribution in [3.05, 3.63) is 0 Å². The Labute approximate surface area is 110 Å². The number of nitrogens with zero attached hydrogens (tertiary/aromatic N) is 1. The lowest BCUT2D eigenvalue weighted by Gasteiger charge is -2.33. The molecule has 2 heterocycles. The molecule has 1 saturated carbocycles. The second-order valence-corrected chi connectivity index (χ2v) is 6.16. The van der Waals surface area contributed by atoms with Gasteiger partial charge in [-0.2, -0.15) is 0 Å². The van der Waals surface area contributed by atoms with Crippen molar-refractivity contribution < 1.29 is 9.53 Å². The fourth-order valence-electron chi connectivity index (χ4n) is 4.00. The number of carbonyl (C=O) groups is 1. The highest BCUT2D eigenvalue weighted by atomic mass is 16.5. The van der Waals surface area contributed by atoms with Gasteiger partial charge in [-0.25, -0.2) is 0 Å².